The summed E-state index contributed by atoms with van der Waals surface area (Å²) in [5.41, 5.74) is 1.57. The summed E-state index contributed by atoms with van der Waals surface area (Å²) in [5, 5.41) is 8.58. The fourth-order valence-electron chi connectivity index (χ4n) is 1.68. The second kappa shape index (κ2) is 4.95. The van der Waals surface area contributed by atoms with Crippen molar-refractivity contribution in [2.75, 3.05) is 6.61 Å². The molecule has 0 saturated heterocycles. The largest absolute Gasteiger partial charge is 0.464 e. The third-order valence-electron chi connectivity index (χ3n) is 2.53. The second-order valence-electron chi connectivity index (χ2n) is 3.69. The average molecular weight is 233 g/mol. The van der Waals surface area contributed by atoms with Crippen molar-refractivity contribution >= 4 is 17.0 Å². The Bertz CT molecular complexity index is 488. The summed E-state index contributed by atoms with van der Waals surface area (Å²) in [6, 6.07) is 7.09. The zero-order chi connectivity index (χ0) is 12.3. The third kappa shape index (κ3) is 2.27. The molecule has 0 N–H and O–H groups in total. The molecule has 0 saturated carbocycles. The molecule has 2 rings (SSSR count). The number of hydrogen-bond donors (Lipinski definition) is 0. The van der Waals surface area contributed by atoms with Crippen molar-refractivity contribution in [3.05, 3.63) is 24.3 Å². The van der Waals surface area contributed by atoms with Gasteiger partial charge in [-0.3, -0.25) is 0 Å². The summed E-state index contributed by atoms with van der Waals surface area (Å²) in [4.78, 5) is 13.2. The van der Waals surface area contributed by atoms with E-state index in [2.05, 4.69) is 10.2 Å². The number of carbonyl (C=O) groups is 1. The van der Waals surface area contributed by atoms with Crippen LogP contribution in [0.2, 0.25) is 0 Å². The summed E-state index contributed by atoms with van der Waals surface area (Å²) in [6.45, 7) is 4.07. The Morgan fingerprint density at radius 3 is 2.35 bits per heavy atom. The molecule has 2 aromatic rings. The Labute approximate surface area is 99.4 Å². The molecule has 5 nitrogen and oxygen atoms in total. The van der Waals surface area contributed by atoms with E-state index in [0.717, 1.165) is 11.0 Å². The minimum absolute atomic E-state index is 0.282. The van der Waals surface area contributed by atoms with Gasteiger partial charge in [-0.25, -0.2) is 4.79 Å². The van der Waals surface area contributed by atoms with Crippen molar-refractivity contribution in [3.63, 3.8) is 0 Å². The van der Waals surface area contributed by atoms with Gasteiger partial charge >= 0.3 is 5.97 Å². The molecule has 17 heavy (non-hydrogen) atoms. The maximum Gasteiger partial charge on any atom is 0.332 e. The molecule has 1 aromatic carbocycles. The molecular formula is C12H15N3O2. The van der Waals surface area contributed by atoms with Crippen LogP contribution < -0.4 is 0 Å². The number of carbonyl (C=O) groups excluding carboxylic acids is 1. The summed E-state index contributed by atoms with van der Waals surface area (Å²) in [5.74, 6) is -0.282. The van der Waals surface area contributed by atoms with E-state index in [1.807, 2.05) is 31.2 Å². The molecular weight excluding hydrogens is 218 g/mol. The molecule has 0 radical (unpaired) electrons. The van der Waals surface area contributed by atoms with Gasteiger partial charge in [0.1, 0.15) is 11.0 Å². The first-order valence-corrected chi connectivity index (χ1v) is 5.74. The van der Waals surface area contributed by atoms with Crippen LogP contribution in [-0.2, 0) is 9.53 Å². The van der Waals surface area contributed by atoms with Gasteiger partial charge in [-0.05, 0) is 25.5 Å². The number of benzene rings is 1. The highest BCUT2D eigenvalue weighted by molar-refractivity contribution is 5.76. The first-order valence-electron chi connectivity index (χ1n) is 5.74. The molecule has 0 aliphatic rings. The van der Waals surface area contributed by atoms with Gasteiger partial charge in [-0.2, -0.15) is 15.0 Å². The van der Waals surface area contributed by atoms with Crippen molar-refractivity contribution in [1.29, 1.82) is 0 Å². The maximum absolute atomic E-state index is 11.7. The minimum Gasteiger partial charge on any atom is -0.464 e. The Morgan fingerprint density at radius 2 is 1.88 bits per heavy atom. The lowest BCUT2D eigenvalue weighted by Gasteiger charge is -2.11. The van der Waals surface area contributed by atoms with Crippen molar-refractivity contribution < 1.29 is 9.53 Å². The van der Waals surface area contributed by atoms with Gasteiger partial charge in [0.15, 0.2) is 6.04 Å². The van der Waals surface area contributed by atoms with E-state index in [-0.39, 0.29) is 5.97 Å². The van der Waals surface area contributed by atoms with Crippen LogP contribution >= 0.6 is 0 Å². The molecule has 0 amide bonds. The highest BCUT2D eigenvalue weighted by Gasteiger charge is 2.22. The van der Waals surface area contributed by atoms with Crippen LogP contribution in [0.25, 0.3) is 11.0 Å². The third-order valence-corrected chi connectivity index (χ3v) is 2.53. The molecule has 1 atom stereocenters. The predicted octanol–water partition coefficient (Wildman–Crippen LogP) is 1.95. The zero-order valence-corrected chi connectivity index (χ0v) is 9.96. The number of nitrogens with zero attached hydrogens (tertiary/aromatic N) is 3. The minimum atomic E-state index is -0.442. The number of aromatic nitrogens is 3. The van der Waals surface area contributed by atoms with Gasteiger partial charge in [0, 0.05) is 0 Å². The Balaban J connectivity index is 2.33. The molecule has 0 fully saturated rings. The highest BCUT2D eigenvalue weighted by atomic mass is 16.5. The standard InChI is InChI=1S/C12H15N3O2/c1-3-11(12(16)17-4-2)15-13-9-7-5-6-8-10(9)14-15/h5-8,11H,3-4H2,1-2H3. The maximum atomic E-state index is 11.7. The van der Waals surface area contributed by atoms with Gasteiger partial charge in [-0.15, -0.1) is 0 Å². The highest BCUT2D eigenvalue weighted by Crippen LogP contribution is 2.15. The monoisotopic (exact) mass is 233 g/mol. The molecule has 0 bridgehead atoms. The van der Waals surface area contributed by atoms with Crippen molar-refractivity contribution in [2.24, 2.45) is 0 Å². The van der Waals surface area contributed by atoms with Gasteiger partial charge in [-0.1, -0.05) is 19.1 Å². The van der Waals surface area contributed by atoms with Gasteiger partial charge in [0.25, 0.3) is 0 Å². The van der Waals surface area contributed by atoms with E-state index in [9.17, 15) is 4.79 Å². The van der Waals surface area contributed by atoms with Crippen LogP contribution in [0, 0.1) is 0 Å². The number of fused-ring (bicyclic) bond motifs is 1. The molecule has 1 unspecified atom stereocenters. The summed E-state index contributed by atoms with van der Waals surface area (Å²) >= 11 is 0. The molecule has 5 heteroatoms. The number of ether oxygens (including phenoxy) is 1. The molecule has 0 aliphatic heterocycles. The van der Waals surface area contributed by atoms with Crippen molar-refractivity contribution in [1.82, 2.24) is 15.0 Å². The van der Waals surface area contributed by atoms with Crippen LogP contribution in [0.5, 0.6) is 0 Å². The van der Waals surface area contributed by atoms with E-state index >= 15 is 0 Å². The first kappa shape index (κ1) is 11.6. The fraction of sp³-hybridized carbons (Fsp3) is 0.417. The van der Waals surface area contributed by atoms with Crippen LogP contribution in [0.15, 0.2) is 24.3 Å². The van der Waals surface area contributed by atoms with Gasteiger partial charge < -0.3 is 4.74 Å². The molecule has 0 spiro atoms. The quantitative estimate of drug-likeness (QED) is 0.757. The molecule has 1 heterocycles. The van der Waals surface area contributed by atoms with Crippen molar-refractivity contribution in [3.8, 4) is 0 Å². The normalized spacial score (nSPS) is 12.6. The average Bonchev–Trinajstić information content (AvgIpc) is 2.73. The summed E-state index contributed by atoms with van der Waals surface area (Å²) in [6.07, 6.45) is 0.611. The lowest BCUT2D eigenvalue weighted by molar-refractivity contribution is -0.147. The Morgan fingerprint density at radius 1 is 1.29 bits per heavy atom. The molecule has 0 aliphatic carbocycles. The second-order valence-corrected chi connectivity index (χ2v) is 3.69. The number of hydrogen-bond acceptors (Lipinski definition) is 4. The van der Waals surface area contributed by atoms with E-state index in [0.29, 0.717) is 13.0 Å². The Hall–Kier alpha value is -1.91. The smallest absolute Gasteiger partial charge is 0.332 e. The van der Waals surface area contributed by atoms with E-state index < -0.39 is 6.04 Å². The van der Waals surface area contributed by atoms with Gasteiger partial charge in [0.2, 0.25) is 0 Å². The lowest BCUT2D eigenvalue weighted by Crippen LogP contribution is -2.23. The van der Waals surface area contributed by atoms with E-state index in [1.54, 1.807) is 6.92 Å². The van der Waals surface area contributed by atoms with Crippen LogP contribution in [-0.4, -0.2) is 27.6 Å². The molecule has 90 valence electrons. The van der Waals surface area contributed by atoms with Gasteiger partial charge in [0.05, 0.1) is 6.61 Å². The van der Waals surface area contributed by atoms with Crippen LogP contribution in [0.3, 0.4) is 0 Å². The SMILES string of the molecule is CCOC(=O)C(CC)n1nc2ccccc2n1. The number of rotatable bonds is 4. The van der Waals surface area contributed by atoms with Crippen molar-refractivity contribution in [2.45, 2.75) is 26.3 Å². The summed E-state index contributed by atoms with van der Waals surface area (Å²) < 4.78 is 5.01. The van der Waals surface area contributed by atoms with E-state index in [4.69, 9.17) is 4.74 Å². The Kier molecular flexibility index (Phi) is 3.37. The zero-order valence-electron chi connectivity index (χ0n) is 9.96. The lowest BCUT2D eigenvalue weighted by atomic mass is 10.2. The number of esters is 1. The predicted molar refractivity (Wildman–Crippen MR) is 63.5 cm³/mol. The van der Waals surface area contributed by atoms with E-state index in [1.165, 1.54) is 4.80 Å². The topological polar surface area (TPSA) is 57.0 Å². The fourth-order valence-corrected chi connectivity index (χ4v) is 1.68. The first-order chi connectivity index (χ1) is 8.26. The molecule has 1 aromatic heterocycles. The van der Waals surface area contributed by atoms with Crippen LogP contribution in [0.4, 0.5) is 0 Å². The van der Waals surface area contributed by atoms with Crippen LogP contribution in [0.1, 0.15) is 26.3 Å². The summed E-state index contributed by atoms with van der Waals surface area (Å²) in [7, 11) is 0.